The Balaban J connectivity index is 0. The van der Waals surface area contributed by atoms with Crippen LogP contribution >= 0.6 is 0 Å². The number of hydrogen-bond donors (Lipinski definition) is 1. The molecule has 3 heteroatoms. The first-order valence-electron chi connectivity index (χ1n) is 7.64. The molecule has 0 aromatic carbocycles. The van der Waals surface area contributed by atoms with Gasteiger partial charge in [0.15, 0.2) is 0 Å². The van der Waals surface area contributed by atoms with Crippen molar-refractivity contribution >= 4 is 54.9 Å². The minimum atomic E-state index is -0.666. The summed E-state index contributed by atoms with van der Waals surface area (Å²) in [5, 5.41) is 8.48. The van der Waals surface area contributed by atoms with E-state index in [-0.39, 0.29) is 48.9 Å². The quantitative estimate of drug-likeness (QED) is 0.286. The summed E-state index contributed by atoms with van der Waals surface area (Å²) >= 11 is 0. The Morgan fingerprint density at radius 1 is 0.842 bits per heavy atom. The third-order valence-corrected chi connectivity index (χ3v) is 3.15. The average molecular weight is 394 g/mol. The summed E-state index contributed by atoms with van der Waals surface area (Å²) in [6.45, 7) is 2.24. The molecule has 0 aromatic rings. The first-order valence-corrected chi connectivity index (χ1v) is 7.64. The molecule has 0 radical (unpaired) electrons. The van der Waals surface area contributed by atoms with Gasteiger partial charge in [0.1, 0.15) is 0 Å². The molecular formula is C16H32BaO2. The van der Waals surface area contributed by atoms with Crippen LogP contribution in [0.1, 0.15) is 84.0 Å². The third kappa shape index (κ3) is 21.2. The first kappa shape index (κ1) is 22.1. The van der Waals surface area contributed by atoms with Crippen molar-refractivity contribution in [1.29, 1.82) is 0 Å². The van der Waals surface area contributed by atoms with Crippen molar-refractivity contribution in [3.8, 4) is 0 Å². The van der Waals surface area contributed by atoms with Crippen molar-refractivity contribution in [2.45, 2.75) is 84.0 Å². The van der Waals surface area contributed by atoms with Crippen LogP contribution in [0, 0.1) is 0 Å². The number of allylic oxidation sites excluding steroid dienone is 2. The maximum atomic E-state index is 10.3. The Morgan fingerprint density at radius 2 is 1.32 bits per heavy atom. The zero-order valence-electron chi connectivity index (χ0n) is 12.0. The monoisotopic (exact) mass is 394 g/mol. The zero-order valence-corrected chi connectivity index (χ0v) is 12.0. The second kappa shape index (κ2) is 18.8. The van der Waals surface area contributed by atoms with E-state index in [1.807, 2.05) is 0 Å². The summed E-state index contributed by atoms with van der Waals surface area (Å²) in [6.07, 6.45) is 18.3. The van der Waals surface area contributed by atoms with Crippen molar-refractivity contribution in [3.05, 3.63) is 12.2 Å². The molecule has 0 bridgehead atoms. The van der Waals surface area contributed by atoms with Crippen LogP contribution in [0.4, 0.5) is 0 Å². The predicted molar refractivity (Wildman–Crippen MR) is 86.4 cm³/mol. The number of unbranched alkanes of at least 4 members (excludes halogenated alkanes) is 9. The zero-order chi connectivity index (χ0) is 13.5. The minimum absolute atomic E-state index is 0. The van der Waals surface area contributed by atoms with Crippen molar-refractivity contribution in [3.63, 3.8) is 0 Å². The van der Waals surface area contributed by atoms with Gasteiger partial charge in [0.25, 0.3) is 0 Å². The Kier molecular flexibility index (Phi) is 21.8. The SMILES string of the molecule is CCCCCC/C=C\CCCCCCCC(=O)O.[BaH2]. The molecule has 0 aliphatic heterocycles. The van der Waals surface area contributed by atoms with Crippen LogP contribution in [0.15, 0.2) is 12.2 Å². The van der Waals surface area contributed by atoms with Gasteiger partial charge in [-0.1, -0.05) is 57.6 Å². The Labute approximate surface area is 159 Å². The topological polar surface area (TPSA) is 37.3 Å². The fraction of sp³-hybridized carbons (Fsp3) is 0.812. The molecule has 0 spiro atoms. The van der Waals surface area contributed by atoms with Crippen LogP contribution in [-0.2, 0) is 4.79 Å². The van der Waals surface area contributed by atoms with Crippen LogP contribution in [0.3, 0.4) is 0 Å². The normalized spacial score (nSPS) is 10.6. The van der Waals surface area contributed by atoms with Crippen LogP contribution in [0.25, 0.3) is 0 Å². The molecule has 0 aliphatic carbocycles. The Bertz CT molecular complexity index is 215. The molecule has 110 valence electrons. The molecule has 0 saturated heterocycles. The van der Waals surface area contributed by atoms with Gasteiger partial charge in [-0.25, -0.2) is 0 Å². The van der Waals surface area contributed by atoms with Crippen LogP contribution in [0.2, 0.25) is 0 Å². The van der Waals surface area contributed by atoms with Gasteiger partial charge in [0.2, 0.25) is 0 Å². The number of hydrogen-bond acceptors (Lipinski definition) is 1. The number of rotatable bonds is 13. The molecule has 0 amide bonds. The molecule has 0 fully saturated rings. The fourth-order valence-electron chi connectivity index (χ4n) is 1.99. The van der Waals surface area contributed by atoms with E-state index in [1.165, 1.54) is 57.8 Å². The third-order valence-electron chi connectivity index (χ3n) is 3.15. The number of carboxylic acids is 1. The van der Waals surface area contributed by atoms with E-state index in [0.29, 0.717) is 6.42 Å². The van der Waals surface area contributed by atoms with Gasteiger partial charge in [-0.05, 0) is 32.1 Å². The van der Waals surface area contributed by atoms with E-state index in [9.17, 15) is 4.79 Å². The fourth-order valence-corrected chi connectivity index (χ4v) is 1.99. The molecule has 19 heavy (non-hydrogen) atoms. The molecule has 0 atom stereocenters. The number of aliphatic carboxylic acids is 1. The van der Waals surface area contributed by atoms with Crippen molar-refractivity contribution in [1.82, 2.24) is 0 Å². The molecule has 0 rings (SSSR count). The van der Waals surface area contributed by atoms with Crippen LogP contribution in [-0.4, -0.2) is 60.0 Å². The van der Waals surface area contributed by atoms with Gasteiger partial charge >= 0.3 is 54.9 Å². The van der Waals surface area contributed by atoms with E-state index >= 15 is 0 Å². The molecule has 0 aliphatic rings. The molecule has 0 unspecified atom stereocenters. The molecule has 1 N–H and O–H groups in total. The van der Waals surface area contributed by atoms with Crippen molar-refractivity contribution < 1.29 is 9.90 Å². The van der Waals surface area contributed by atoms with Crippen LogP contribution in [0.5, 0.6) is 0 Å². The average Bonchev–Trinajstić information content (AvgIpc) is 2.34. The van der Waals surface area contributed by atoms with Gasteiger partial charge in [-0.2, -0.15) is 0 Å². The van der Waals surface area contributed by atoms with Gasteiger partial charge in [0, 0.05) is 6.42 Å². The Morgan fingerprint density at radius 3 is 1.84 bits per heavy atom. The van der Waals surface area contributed by atoms with E-state index in [4.69, 9.17) is 5.11 Å². The molecule has 0 saturated carbocycles. The first-order chi connectivity index (χ1) is 8.77. The molecule has 0 heterocycles. The Hall–Kier alpha value is 0.781. The predicted octanol–water partition coefficient (Wildman–Crippen LogP) is 4.41. The summed E-state index contributed by atoms with van der Waals surface area (Å²) in [4.78, 5) is 10.3. The summed E-state index contributed by atoms with van der Waals surface area (Å²) in [5.41, 5.74) is 0. The van der Waals surface area contributed by atoms with E-state index in [0.717, 1.165) is 12.8 Å². The van der Waals surface area contributed by atoms with Gasteiger partial charge in [-0.3, -0.25) is 4.79 Å². The van der Waals surface area contributed by atoms with E-state index < -0.39 is 5.97 Å². The summed E-state index contributed by atoms with van der Waals surface area (Å²) < 4.78 is 0. The van der Waals surface area contributed by atoms with Gasteiger partial charge in [-0.15, -0.1) is 0 Å². The van der Waals surface area contributed by atoms with E-state index in [2.05, 4.69) is 19.1 Å². The maximum absolute atomic E-state index is 10.3. The summed E-state index contributed by atoms with van der Waals surface area (Å²) in [7, 11) is 0. The standard InChI is InChI=1S/C16H30O2.Ba.2H/c1-2-3-4-5-6-7-8-9-10-11-12-13-14-15-16(17)18;;;/h7-8H,2-6,9-15H2,1H3,(H,17,18);;;/b8-7-;;;. The molecular weight excluding hydrogens is 362 g/mol. The molecule has 0 aromatic heterocycles. The van der Waals surface area contributed by atoms with Crippen LogP contribution < -0.4 is 0 Å². The molecule has 2 nitrogen and oxygen atoms in total. The van der Waals surface area contributed by atoms with Crippen molar-refractivity contribution in [2.75, 3.05) is 0 Å². The van der Waals surface area contributed by atoms with Gasteiger partial charge < -0.3 is 5.11 Å². The second-order valence-corrected chi connectivity index (χ2v) is 5.02. The number of carbonyl (C=O) groups is 1. The van der Waals surface area contributed by atoms with Gasteiger partial charge in [0.05, 0.1) is 0 Å². The second-order valence-electron chi connectivity index (χ2n) is 5.02. The van der Waals surface area contributed by atoms with Crippen molar-refractivity contribution in [2.24, 2.45) is 0 Å². The summed E-state index contributed by atoms with van der Waals surface area (Å²) in [6, 6.07) is 0. The van der Waals surface area contributed by atoms with E-state index in [1.54, 1.807) is 0 Å². The summed E-state index contributed by atoms with van der Waals surface area (Å²) in [5.74, 6) is -0.666. The number of carboxylic acid groups (broad SMARTS) is 1.